The Morgan fingerprint density at radius 1 is 1.44 bits per heavy atom. The van der Waals surface area contributed by atoms with Gasteiger partial charge in [0.15, 0.2) is 11.6 Å². The van der Waals surface area contributed by atoms with Crippen molar-refractivity contribution >= 4 is 18.3 Å². The number of benzene rings is 1. The van der Waals surface area contributed by atoms with Crippen LogP contribution < -0.4 is 15.8 Å². The first-order chi connectivity index (χ1) is 8.00. The molecule has 102 valence electrons. The van der Waals surface area contributed by atoms with Crippen LogP contribution in [0.1, 0.15) is 6.92 Å². The Labute approximate surface area is 110 Å². The van der Waals surface area contributed by atoms with Crippen LogP contribution in [-0.2, 0) is 4.79 Å². The van der Waals surface area contributed by atoms with E-state index in [0.29, 0.717) is 0 Å². The Balaban J connectivity index is 0.00000289. The fraction of sp³-hybridized carbons (Fsp3) is 0.364. The molecule has 0 aliphatic carbocycles. The molecule has 7 heteroatoms. The zero-order valence-electron chi connectivity index (χ0n) is 9.78. The summed E-state index contributed by atoms with van der Waals surface area (Å²) >= 11 is 0. The molecule has 0 saturated heterocycles. The fourth-order valence-corrected chi connectivity index (χ4v) is 1.07. The first kappa shape index (κ1) is 16.6. The molecule has 0 fully saturated rings. The van der Waals surface area contributed by atoms with Crippen molar-refractivity contribution < 1.29 is 18.3 Å². The minimum atomic E-state index is -0.970. The quantitative estimate of drug-likeness (QED) is 0.798. The lowest BCUT2D eigenvalue weighted by Gasteiger charge is -2.09. The first-order valence-electron chi connectivity index (χ1n) is 5.12. The molecule has 0 radical (unpaired) electrons. The van der Waals surface area contributed by atoms with Crippen LogP contribution in [0.4, 0.5) is 8.78 Å². The van der Waals surface area contributed by atoms with Gasteiger partial charge in [-0.15, -0.1) is 12.4 Å². The number of nitrogens with one attached hydrogen (secondary N) is 1. The van der Waals surface area contributed by atoms with Crippen LogP contribution in [0.3, 0.4) is 0 Å². The van der Waals surface area contributed by atoms with Crippen molar-refractivity contribution in [3.63, 3.8) is 0 Å². The van der Waals surface area contributed by atoms with E-state index in [9.17, 15) is 13.6 Å². The van der Waals surface area contributed by atoms with Crippen LogP contribution in [0.2, 0.25) is 0 Å². The highest BCUT2D eigenvalue weighted by Crippen LogP contribution is 2.14. The van der Waals surface area contributed by atoms with Gasteiger partial charge in [0.1, 0.15) is 12.4 Å². The van der Waals surface area contributed by atoms with Gasteiger partial charge in [-0.3, -0.25) is 4.79 Å². The second kappa shape index (κ2) is 7.84. The summed E-state index contributed by atoms with van der Waals surface area (Å²) in [6.45, 7) is 1.97. The van der Waals surface area contributed by atoms with Gasteiger partial charge in [-0.25, -0.2) is 8.78 Å². The number of nitrogens with two attached hydrogens (primary N) is 1. The molecule has 0 aliphatic rings. The van der Waals surface area contributed by atoms with E-state index in [1.807, 2.05) is 0 Å². The van der Waals surface area contributed by atoms with Crippen molar-refractivity contribution in [3.05, 3.63) is 29.8 Å². The normalized spacial score (nSPS) is 11.3. The molecular formula is C11H15ClF2N2O2. The highest BCUT2D eigenvalue weighted by atomic mass is 35.5. The molecule has 1 unspecified atom stereocenters. The molecule has 1 amide bonds. The van der Waals surface area contributed by atoms with E-state index < -0.39 is 17.7 Å². The van der Waals surface area contributed by atoms with E-state index in [0.717, 1.165) is 12.1 Å². The van der Waals surface area contributed by atoms with E-state index in [-0.39, 0.29) is 37.2 Å². The standard InChI is InChI=1S/C11H14F2N2O2.ClH/c1-7(14)11(16)15-4-5-17-8-2-3-9(12)10(13)6-8;/h2-3,6-7H,4-5,14H2,1H3,(H,15,16);1H. The molecule has 0 aliphatic heterocycles. The molecule has 0 bridgehead atoms. The van der Waals surface area contributed by atoms with Crippen LogP contribution in [-0.4, -0.2) is 25.1 Å². The molecule has 1 aromatic carbocycles. The van der Waals surface area contributed by atoms with Gasteiger partial charge in [0.05, 0.1) is 12.6 Å². The fourth-order valence-electron chi connectivity index (χ4n) is 1.07. The van der Waals surface area contributed by atoms with Gasteiger partial charge < -0.3 is 15.8 Å². The van der Waals surface area contributed by atoms with Gasteiger partial charge in [-0.2, -0.15) is 0 Å². The lowest BCUT2D eigenvalue weighted by atomic mass is 10.3. The molecule has 3 N–H and O–H groups in total. The highest BCUT2D eigenvalue weighted by molar-refractivity contribution is 5.85. The predicted molar refractivity (Wildman–Crippen MR) is 65.8 cm³/mol. The monoisotopic (exact) mass is 280 g/mol. The minimum absolute atomic E-state index is 0. The minimum Gasteiger partial charge on any atom is -0.492 e. The number of amides is 1. The summed E-state index contributed by atoms with van der Waals surface area (Å²) in [4.78, 5) is 11.1. The third-order valence-corrected chi connectivity index (χ3v) is 1.97. The van der Waals surface area contributed by atoms with Crippen LogP contribution in [0, 0.1) is 11.6 Å². The van der Waals surface area contributed by atoms with Crippen molar-refractivity contribution in [2.75, 3.05) is 13.2 Å². The van der Waals surface area contributed by atoms with Crippen molar-refractivity contribution in [1.82, 2.24) is 5.32 Å². The summed E-state index contributed by atoms with van der Waals surface area (Å²) in [6.07, 6.45) is 0. The van der Waals surface area contributed by atoms with Crippen molar-refractivity contribution in [3.8, 4) is 5.75 Å². The molecule has 1 atom stereocenters. The molecule has 18 heavy (non-hydrogen) atoms. The third kappa shape index (κ3) is 5.29. The van der Waals surface area contributed by atoms with E-state index in [1.54, 1.807) is 6.92 Å². The summed E-state index contributed by atoms with van der Waals surface area (Å²) in [5, 5.41) is 2.52. The van der Waals surface area contributed by atoms with Gasteiger partial charge in [0.25, 0.3) is 0 Å². The maximum atomic E-state index is 12.8. The van der Waals surface area contributed by atoms with Crippen molar-refractivity contribution in [2.24, 2.45) is 5.73 Å². The Hall–Kier alpha value is -1.40. The van der Waals surface area contributed by atoms with Crippen LogP contribution in [0.25, 0.3) is 0 Å². The SMILES string of the molecule is CC(N)C(=O)NCCOc1ccc(F)c(F)c1.Cl. The van der Waals surface area contributed by atoms with Gasteiger partial charge in [-0.1, -0.05) is 0 Å². The maximum absolute atomic E-state index is 12.8. The van der Waals surface area contributed by atoms with Crippen LogP contribution >= 0.6 is 12.4 Å². The predicted octanol–water partition coefficient (Wildman–Crippen LogP) is 1.23. The van der Waals surface area contributed by atoms with E-state index in [1.165, 1.54) is 6.07 Å². The highest BCUT2D eigenvalue weighted by Gasteiger charge is 2.06. The maximum Gasteiger partial charge on any atom is 0.236 e. The van der Waals surface area contributed by atoms with Gasteiger partial charge in [0, 0.05) is 6.07 Å². The largest absolute Gasteiger partial charge is 0.492 e. The van der Waals surface area contributed by atoms with E-state index >= 15 is 0 Å². The van der Waals surface area contributed by atoms with Crippen molar-refractivity contribution in [2.45, 2.75) is 13.0 Å². The molecule has 0 spiro atoms. The second-order valence-electron chi connectivity index (χ2n) is 3.50. The van der Waals surface area contributed by atoms with Crippen LogP contribution in [0.5, 0.6) is 5.75 Å². The molecule has 0 saturated carbocycles. The van der Waals surface area contributed by atoms with E-state index in [2.05, 4.69) is 5.32 Å². The number of hydrogen-bond acceptors (Lipinski definition) is 3. The summed E-state index contributed by atoms with van der Waals surface area (Å²) in [6, 6.07) is 2.65. The Morgan fingerprint density at radius 2 is 2.11 bits per heavy atom. The zero-order chi connectivity index (χ0) is 12.8. The molecule has 0 aromatic heterocycles. The average Bonchev–Trinajstić information content (AvgIpc) is 2.28. The number of ether oxygens (including phenoxy) is 1. The first-order valence-corrected chi connectivity index (χ1v) is 5.12. The molecular weight excluding hydrogens is 266 g/mol. The van der Waals surface area contributed by atoms with Crippen molar-refractivity contribution in [1.29, 1.82) is 0 Å². The lowest BCUT2D eigenvalue weighted by Crippen LogP contribution is -2.40. The molecule has 1 aromatic rings. The summed E-state index contributed by atoms with van der Waals surface area (Å²) < 4.78 is 30.5. The molecule has 4 nitrogen and oxygen atoms in total. The number of carbonyl (C=O) groups excluding carboxylic acids is 1. The Kier molecular flexibility index (Phi) is 7.23. The summed E-state index contributed by atoms with van der Waals surface area (Å²) in [5.41, 5.74) is 5.32. The number of halogens is 3. The average molecular weight is 281 g/mol. The topological polar surface area (TPSA) is 64.4 Å². The molecule has 1 rings (SSSR count). The number of rotatable bonds is 5. The second-order valence-corrected chi connectivity index (χ2v) is 3.50. The van der Waals surface area contributed by atoms with Gasteiger partial charge >= 0.3 is 0 Å². The zero-order valence-corrected chi connectivity index (χ0v) is 10.6. The Bertz CT molecular complexity index is 403. The van der Waals surface area contributed by atoms with Gasteiger partial charge in [-0.05, 0) is 19.1 Å². The number of carbonyl (C=O) groups is 1. The summed E-state index contributed by atoms with van der Waals surface area (Å²) in [5.74, 6) is -1.98. The number of hydrogen-bond donors (Lipinski definition) is 2. The van der Waals surface area contributed by atoms with Crippen LogP contribution in [0.15, 0.2) is 18.2 Å². The smallest absolute Gasteiger partial charge is 0.236 e. The summed E-state index contributed by atoms with van der Waals surface area (Å²) in [7, 11) is 0. The Morgan fingerprint density at radius 3 is 2.67 bits per heavy atom. The third-order valence-electron chi connectivity index (χ3n) is 1.97. The van der Waals surface area contributed by atoms with Gasteiger partial charge in [0.2, 0.25) is 5.91 Å². The molecule has 0 heterocycles. The van der Waals surface area contributed by atoms with E-state index in [4.69, 9.17) is 10.5 Å². The lowest BCUT2D eigenvalue weighted by molar-refractivity contribution is -0.122.